The van der Waals surface area contributed by atoms with Gasteiger partial charge < -0.3 is 0 Å². The fourth-order valence-corrected chi connectivity index (χ4v) is 3.40. The van der Waals surface area contributed by atoms with Crippen LogP contribution in [-0.4, -0.2) is 0 Å². The number of rotatable bonds is 3. The molecule has 0 N–H and O–H groups in total. The van der Waals surface area contributed by atoms with Gasteiger partial charge in [0, 0.05) is 5.02 Å². The second-order valence-electron chi connectivity index (χ2n) is 4.93. The van der Waals surface area contributed by atoms with Crippen molar-refractivity contribution in [3.63, 3.8) is 0 Å². The number of hydrogen-bond donors (Lipinski definition) is 0. The molecule has 1 aliphatic carbocycles. The average molecular weight is 237 g/mol. The fourth-order valence-electron chi connectivity index (χ4n) is 3.12. The first-order chi connectivity index (χ1) is 7.83. The molecule has 1 atom stereocenters. The maximum absolute atomic E-state index is 6.32. The predicted octanol–water partition coefficient (Wildman–Crippen LogP) is 5.41. The minimum Gasteiger partial charge on any atom is -0.0840 e. The third kappa shape index (κ3) is 2.60. The third-order valence-corrected chi connectivity index (χ3v) is 4.31. The maximum Gasteiger partial charge on any atom is 0.0440 e. The Kier molecular flexibility index (Phi) is 4.29. The quantitative estimate of drug-likeness (QED) is 0.658. The molecule has 2 rings (SSSR count). The molecule has 0 saturated heterocycles. The average Bonchev–Trinajstić information content (AvgIpc) is 2.34. The van der Waals surface area contributed by atoms with Crippen molar-refractivity contribution < 1.29 is 0 Å². The third-order valence-electron chi connectivity index (χ3n) is 3.96. The Morgan fingerprint density at radius 2 is 1.88 bits per heavy atom. The molecule has 1 saturated carbocycles. The Labute approximate surface area is 104 Å². The highest BCUT2D eigenvalue weighted by Crippen LogP contribution is 2.40. The topological polar surface area (TPSA) is 0 Å². The SMILES string of the molecule is CCC(c1ccccc1Cl)C1CCCCC1. The largest absolute Gasteiger partial charge is 0.0840 e. The molecule has 0 heterocycles. The Balaban J connectivity index is 2.18. The van der Waals surface area contributed by atoms with Gasteiger partial charge in [-0.1, -0.05) is 56.0 Å². The molecule has 0 bridgehead atoms. The van der Waals surface area contributed by atoms with Gasteiger partial charge in [-0.25, -0.2) is 0 Å². The van der Waals surface area contributed by atoms with Crippen LogP contribution in [0.2, 0.25) is 5.02 Å². The number of benzene rings is 1. The number of halogens is 1. The minimum atomic E-state index is 0.675. The van der Waals surface area contributed by atoms with Gasteiger partial charge in [0.2, 0.25) is 0 Å². The summed E-state index contributed by atoms with van der Waals surface area (Å²) in [6.07, 6.45) is 8.24. The molecular weight excluding hydrogens is 216 g/mol. The molecule has 0 aromatic heterocycles. The summed E-state index contributed by atoms with van der Waals surface area (Å²) in [7, 11) is 0. The monoisotopic (exact) mass is 236 g/mol. The standard InChI is InChI=1S/C15H21Cl/c1-2-13(12-8-4-3-5-9-12)14-10-6-7-11-15(14)16/h6-7,10-13H,2-5,8-9H2,1H3. The van der Waals surface area contributed by atoms with Crippen molar-refractivity contribution in [1.82, 2.24) is 0 Å². The lowest BCUT2D eigenvalue weighted by Crippen LogP contribution is -2.16. The molecule has 1 aliphatic rings. The van der Waals surface area contributed by atoms with E-state index in [2.05, 4.69) is 19.1 Å². The molecule has 16 heavy (non-hydrogen) atoms. The van der Waals surface area contributed by atoms with Crippen molar-refractivity contribution in [3.05, 3.63) is 34.9 Å². The summed E-state index contributed by atoms with van der Waals surface area (Å²) >= 11 is 6.32. The van der Waals surface area contributed by atoms with Gasteiger partial charge in [-0.2, -0.15) is 0 Å². The second kappa shape index (κ2) is 5.72. The molecule has 1 unspecified atom stereocenters. The van der Waals surface area contributed by atoms with Gasteiger partial charge in [0.05, 0.1) is 0 Å². The molecule has 0 radical (unpaired) electrons. The van der Waals surface area contributed by atoms with Gasteiger partial charge in [-0.05, 0) is 42.7 Å². The summed E-state index contributed by atoms with van der Waals surface area (Å²) in [6, 6.07) is 8.39. The van der Waals surface area contributed by atoms with E-state index in [0.717, 1.165) is 10.9 Å². The summed E-state index contributed by atoms with van der Waals surface area (Å²) in [4.78, 5) is 0. The highest BCUT2D eigenvalue weighted by Gasteiger charge is 2.24. The van der Waals surface area contributed by atoms with Crippen LogP contribution in [0.15, 0.2) is 24.3 Å². The minimum absolute atomic E-state index is 0.675. The highest BCUT2D eigenvalue weighted by atomic mass is 35.5. The molecule has 0 spiro atoms. The van der Waals surface area contributed by atoms with E-state index in [0.29, 0.717) is 5.92 Å². The summed E-state index contributed by atoms with van der Waals surface area (Å²) in [6.45, 7) is 2.29. The van der Waals surface area contributed by atoms with Crippen LogP contribution in [0.5, 0.6) is 0 Å². The summed E-state index contributed by atoms with van der Waals surface area (Å²) in [5.41, 5.74) is 1.37. The molecule has 1 fully saturated rings. The zero-order valence-electron chi connectivity index (χ0n) is 10.1. The molecule has 0 nitrogen and oxygen atoms in total. The molecule has 1 aromatic carbocycles. The summed E-state index contributed by atoms with van der Waals surface area (Å²) in [5, 5.41) is 0.958. The lowest BCUT2D eigenvalue weighted by molar-refractivity contribution is 0.299. The van der Waals surface area contributed by atoms with E-state index >= 15 is 0 Å². The van der Waals surface area contributed by atoms with Gasteiger partial charge >= 0.3 is 0 Å². The van der Waals surface area contributed by atoms with Gasteiger partial charge in [-0.15, -0.1) is 0 Å². The predicted molar refractivity (Wildman–Crippen MR) is 71.1 cm³/mol. The Morgan fingerprint density at radius 1 is 1.19 bits per heavy atom. The van der Waals surface area contributed by atoms with Gasteiger partial charge in [0.1, 0.15) is 0 Å². The normalized spacial score (nSPS) is 19.6. The van der Waals surface area contributed by atoms with Crippen LogP contribution in [0.3, 0.4) is 0 Å². The van der Waals surface area contributed by atoms with Gasteiger partial charge in [0.25, 0.3) is 0 Å². The Hall–Kier alpha value is -0.490. The zero-order chi connectivity index (χ0) is 11.4. The zero-order valence-corrected chi connectivity index (χ0v) is 10.8. The smallest absolute Gasteiger partial charge is 0.0440 e. The first kappa shape index (κ1) is 12.0. The van der Waals surface area contributed by atoms with E-state index < -0.39 is 0 Å². The summed E-state index contributed by atoms with van der Waals surface area (Å²) < 4.78 is 0. The molecular formula is C15H21Cl. The second-order valence-corrected chi connectivity index (χ2v) is 5.34. The number of hydrogen-bond acceptors (Lipinski definition) is 0. The van der Waals surface area contributed by atoms with Crippen molar-refractivity contribution >= 4 is 11.6 Å². The van der Waals surface area contributed by atoms with Crippen LogP contribution in [0.1, 0.15) is 56.9 Å². The first-order valence-corrected chi connectivity index (χ1v) is 6.95. The molecule has 1 aromatic rings. The van der Waals surface area contributed by atoms with Crippen LogP contribution in [0.25, 0.3) is 0 Å². The first-order valence-electron chi connectivity index (χ1n) is 6.57. The Morgan fingerprint density at radius 3 is 2.50 bits per heavy atom. The van der Waals surface area contributed by atoms with Gasteiger partial charge in [-0.3, -0.25) is 0 Å². The fraction of sp³-hybridized carbons (Fsp3) is 0.600. The molecule has 88 valence electrons. The lowest BCUT2D eigenvalue weighted by atomic mass is 9.75. The van der Waals surface area contributed by atoms with E-state index in [-0.39, 0.29) is 0 Å². The molecule has 0 aliphatic heterocycles. The van der Waals surface area contributed by atoms with Crippen molar-refractivity contribution in [1.29, 1.82) is 0 Å². The van der Waals surface area contributed by atoms with E-state index in [1.165, 1.54) is 44.1 Å². The Bertz CT molecular complexity index is 326. The molecule has 1 heteroatoms. The van der Waals surface area contributed by atoms with Crippen molar-refractivity contribution in [2.45, 2.75) is 51.4 Å². The van der Waals surface area contributed by atoms with Crippen LogP contribution in [0.4, 0.5) is 0 Å². The van der Waals surface area contributed by atoms with E-state index in [1.807, 2.05) is 12.1 Å². The van der Waals surface area contributed by atoms with Gasteiger partial charge in [0.15, 0.2) is 0 Å². The van der Waals surface area contributed by atoms with Crippen molar-refractivity contribution in [2.75, 3.05) is 0 Å². The van der Waals surface area contributed by atoms with Crippen LogP contribution >= 0.6 is 11.6 Å². The van der Waals surface area contributed by atoms with Crippen molar-refractivity contribution in [2.24, 2.45) is 5.92 Å². The van der Waals surface area contributed by atoms with Crippen LogP contribution < -0.4 is 0 Å². The van der Waals surface area contributed by atoms with E-state index in [4.69, 9.17) is 11.6 Å². The highest BCUT2D eigenvalue weighted by molar-refractivity contribution is 6.31. The van der Waals surface area contributed by atoms with E-state index in [1.54, 1.807) is 0 Å². The molecule has 0 amide bonds. The van der Waals surface area contributed by atoms with E-state index in [9.17, 15) is 0 Å². The summed E-state index contributed by atoms with van der Waals surface area (Å²) in [5.74, 6) is 1.53. The van der Waals surface area contributed by atoms with Crippen LogP contribution in [-0.2, 0) is 0 Å². The van der Waals surface area contributed by atoms with Crippen LogP contribution in [0, 0.1) is 5.92 Å². The van der Waals surface area contributed by atoms with Crippen molar-refractivity contribution in [3.8, 4) is 0 Å². The lowest BCUT2D eigenvalue weighted by Gasteiger charge is -2.30. The maximum atomic E-state index is 6.32.